The second-order valence-electron chi connectivity index (χ2n) is 4.91. The number of aromatic nitrogens is 1. The molecule has 20 heavy (non-hydrogen) atoms. The van der Waals surface area contributed by atoms with Crippen molar-refractivity contribution < 1.29 is 4.74 Å². The Kier molecular flexibility index (Phi) is 4.63. The van der Waals surface area contributed by atoms with Gasteiger partial charge in [0.2, 0.25) is 5.88 Å². The Hall–Kier alpha value is -1.58. The lowest BCUT2D eigenvalue weighted by atomic mass is 10.1. The molecule has 1 atom stereocenters. The summed E-state index contributed by atoms with van der Waals surface area (Å²) in [6.07, 6.45) is 1.76. The standard InChI is InChI=1S/C16H19ClN2O/c1-10-7-14(8-11(2)16(10)17)20-15-9-13(5-6-19-15)12(3)18-4/h5-9,12,18H,1-4H3. The quantitative estimate of drug-likeness (QED) is 0.905. The number of nitrogens with zero attached hydrogens (tertiary/aromatic N) is 1. The fraction of sp³-hybridized carbons (Fsp3) is 0.312. The first kappa shape index (κ1) is 14.8. The highest BCUT2D eigenvalue weighted by Gasteiger charge is 2.08. The SMILES string of the molecule is CNC(C)c1ccnc(Oc2cc(C)c(Cl)c(C)c2)c1. The number of nitrogens with one attached hydrogen (secondary N) is 1. The Morgan fingerprint density at radius 2 is 1.85 bits per heavy atom. The summed E-state index contributed by atoms with van der Waals surface area (Å²) in [6.45, 7) is 6.03. The van der Waals surface area contributed by atoms with Crippen LogP contribution in [0.2, 0.25) is 5.02 Å². The van der Waals surface area contributed by atoms with Crippen LogP contribution in [0, 0.1) is 13.8 Å². The van der Waals surface area contributed by atoms with Crippen molar-refractivity contribution in [2.24, 2.45) is 0 Å². The van der Waals surface area contributed by atoms with Crippen molar-refractivity contribution in [2.45, 2.75) is 26.8 Å². The number of hydrogen-bond acceptors (Lipinski definition) is 3. The molecule has 0 aliphatic rings. The third kappa shape index (κ3) is 3.30. The van der Waals surface area contributed by atoms with Crippen molar-refractivity contribution in [1.82, 2.24) is 10.3 Å². The smallest absolute Gasteiger partial charge is 0.219 e. The van der Waals surface area contributed by atoms with Crippen LogP contribution in [0.25, 0.3) is 0 Å². The van der Waals surface area contributed by atoms with Gasteiger partial charge >= 0.3 is 0 Å². The number of ether oxygens (including phenoxy) is 1. The van der Waals surface area contributed by atoms with E-state index in [0.29, 0.717) is 5.88 Å². The predicted octanol–water partition coefficient (Wildman–Crippen LogP) is 4.42. The van der Waals surface area contributed by atoms with Gasteiger partial charge in [0.25, 0.3) is 0 Å². The Morgan fingerprint density at radius 3 is 2.45 bits per heavy atom. The second kappa shape index (κ2) is 6.25. The molecule has 0 saturated carbocycles. The van der Waals surface area contributed by atoms with E-state index in [4.69, 9.17) is 16.3 Å². The highest BCUT2D eigenvalue weighted by atomic mass is 35.5. The number of rotatable bonds is 4. The van der Waals surface area contributed by atoms with Crippen LogP contribution >= 0.6 is 11.6 Å². The maximum Gasteiger partial charge on any atom is 0.219 e. The Morgan fingerprint density at radius 1 is 1.20 bits per heavy atom. The molecule has 0 spiro atoms. The number of benzene rings is 1. The molecule has 2 rings (SSSR count). The van der Waals surface area contributed by atoms with E-state index in [1.54, 1.807) is 6.20 Å². The fourth-order valence-corrected chi connectivity index (χ4v) is 2.11. The number of hydrogen-bond donors (Lipinski definition) is 1. The van der Waals surface area contributed by atoms with Gasteiger partial charge in [0, 0.05) is 23.3 Å². The minimum absolute atomic E-state index is 0.258. The lowest BCUT2D eigenvalue weighted by molar-refractivity contribution is 0.460. The van der Waals surface area contributed by atoms with Gasteiger partial charge in [-0.15, -0.1) is 0 Å². The van der Waals surface area contributed by atoms with Crippen LogP contribution in [-0.2, 0) is 0 Å². The van der Waals surface area contributed by atoms with E-state index >= 15 is 0 Å². The summed E-state index contributed by atoms with van der Waals surface area (Å²) >= 11 is 6.16. The Balaban J connectivity index is 2.26. The third-order valence-corrected chi connectivity index (χ3v) is 3.92. The zero-order valence-electron chi connectivity index (χ0n) is 12.2. The molecule has 2 aromatic rings. The summed E-state index contributed by atoms with van der Waals surface area (Å²) in [6, 6.07) is 8.03. The summed E-state index contributed by atoms with van der Waals surface area (Å²) in [5.41, 5.74) is 3.14. The summed E-state index contributed by atoms with van der Waals surface area (Å²) < 4.78 is 5.83. The normalized spacial score (nSPS) is 12.2. The lowest BCUT2D eigenvalue weighted by Gasteiger charge is -2.13. The van der Waals surface area contributed by atoms with Gasteiger partial charge in [-0.3, -0.25) is 0 Å². The molecule has 0 saturated heterocycles. The highest BCUT2D eigenvalue weighted by Crippen LogP contribution is 2.29. The van der Waals surface area contributed by atoms with Crippen LogP contribution in [-0.4, -0.2) is 12.0 Å². The van der Waals surface area contributed by atoms with Gasteiger partial charge in [0.05, 0.1) is 0 Å². The average molecular weight is 291 g/mol. The number of pyridine rings is 1. The lowest BCUT2D eigenvalue weighted by Crippen LogP contribution is -2.12. The molecule has 1 unspecified atom stereocenters. The maximum atomic E-state index is 6.16. The average Bonchev–Trinajstić information content (AvgIpc) is 2.44. The molecule has 4 heteroatoms. The van der Waals surface area contributed by atoms with Crippen molar-refractivity contribution in [3.05, 3.63) is 52.2 Å². The van der Waals surface area contributed by atoms with Gasteiger partial charge in [-0.2, -0.15) is 0 Å². The zero-order chi connectivity index (χ0) is 14.7. The minimum Gasteiger partial charge on any atom is -0.439 e. The molecule has 0 aliphatic heterocycles. The first-order valence-corrected chi connectivity index (χ1v) is 6.97. The van der Waals surface area contributed by atoms with Crippen molar-refractivity contribution in [3.8, 4) is 11.6 Å². The molecule has 1 heterocycles. The van der Waals surface area contributed by atoms with Crippen LogP contribution in [0.1, 0.15) is 29.7 Å². The van der Waals surface area contributed by atoms with Gasteiger partial charge in [0.1, 0.15) is 5.75 Å². The molecule has 0 amide bonds. The van der Waals surface area contributed by atoms with E-state index in [0.717, 1.165) is 27.5 Å². The summed E-state index contributed by atoms with van der Waals surface area (Å²) in [4.78, 5) is 4.25. The van der Waals surface area contributed by atoms with Crippen LogP contribution in [0.15, 0.2) is 30.5 Å². The molecule has 106 valence electrons. The molecule has 1 N–H and O–H groups in total. The van der Waals surface area contributed by atoms with Crippen LogP contribution < -0.4 is 10.1 Å². The van der Waals surface area contributed by atoms with E-state index < -0.39 is 0 Å². The van der Waals surface area contributed by atoms with E-state index in [1.165, 1.54) is 0 Å². The molecule has 0 fully saturated rings. The Bertz CT molecular complexity index is 590. The van der Waals surface area contributed by atoms with Crippen LogP contribution in [0.3, 0.4) is 0 Å². The van der Waals surface area contributed by atoms with Crippen molar-refractivity contribution in [2.75, 3.05) is 7.05 Å². The second-order valence-corrected chi connectivity index (χ2v) is 5.29. The molecular formula is C16H19ClN2O. The topological polar surface area (TPSA) is 34.2 Å². The highest BCUT2D eigenvalue weighted by molar-refractivity contribution is 6.32. The maximum absolute atomic E-state index is 6.16. The van der Waals surface area contributed by atoms with Crippen molar-refractivity contribution >= 4 is 11.6 Å². The number of aryl methyl sites for hydroxylation is 2. The molecule has 3 nitrogen and oxygen atoms in total. The van der Waals surface area contributed by atoms with E-state index in [2.05, 4.69) is 17.2 Å². The van der Waals surface area contributed by atoms with E-state index in [1.807, 2.05) is 45.2 Å². The van der Waals surface area contributed by atoms with Crippen molar-refractivity contribution in [1.29, 1.82) is 0 Å². The predicted molar refractivity (Wildman–Crippen MR) is 82.7 cm³/mol. The molecule has 0 radical (unpaired) electrons. The van der Waals surface area contributed by atoms with Crippen LogP contribution in [0.4, 0.5) is 0 Å². The number of halogens is 1. The molecule has 0 bridgehead atoms. The van der Waals surface area contributed by atoms with Gasteiger partial charge in [0.15, 0.2) is 0 Å². The van der Waals surface area contributed by atoms with Gasteiger partial charge in [-0.25, -0.2) is 4.98 Å². The molecule has 1 aromatic carbocycles. The fourth-order valence-electron chi connectivity index (χ4n) is 2.00. The zero-order valence-corrected chi connectivity index (χ0v) is 13.0. The molecular weight excluding hydrogens is 272 g/mol. The first-order valence-electron chi connectivity index (χ1n) is 6.59. The van der Waals surface area contributed by atoms with Crippen LogP contribution in [0.5, 0.6) is 11.6 Å². The Labute approximate surface area is 124 Å². The first-order chi connectivity index (χ1) is 9.51. The third-order valence-electron chi connectivity index (χ3n) is 3.32. The van der Waals surface area contributed by atoms with Gasteiger partial charge < -0.3 is 10.1 Å². The van der Waals surface area contributed by atoms with Crippen molar-refractivity contribution in [3.63, 3.8) is 0 Å². The van der Waals surface area contributed by atoms with Gasteiger partial charge in [-0.05, 0) is 62.7 Å². The minimum atomic E-state index is 0.258. The molecule has 0 aliphatic carbocycles. The molecule has 1 aromatic heterocycles. The van der Waals surface area contributed by atoms with E-state index in [-0.39, 0.29) is 6.04 Å². The largest absolute Gasteiger partial charge is 0.439 e. The summed E-state index contributed by atoms with van der Waals surface area (Å²) in [5, 5.41) is 3.98. The van der Waals surface area contributed by atoms with Gasteiger partial charge in [-0.1, -0.05) is 11.6 Å². The monoisotopic (exact) mass is 290 g/mol. The van der Waals surface area contributed by atoms with E-state index in [9.17, 15) is 0 Å². The summed E-state index contributed by atoms with van der Waals surface area (Å²) in [7, 11) is 1.93. The summed E-state index contributed by atoms with van der Waals surface area (Å²) in [5.74, 6) is 1.34.